The first kappa shape index (κ1) is 66.7. The average molecular weight is 4840 g/mol. The first-order chi connectivity index (χ1) is 17.8. The van der Waals surface area contributed by atoms with Gasteiger partial charge in [-0.25, -0.2) is 0 Å². The van der Waals surface area contributed by atoms with Crippen molar-refractivity contribution in [3.63, 3.8) is 0 Å². The molecule has 0 N–H and O–H groups in total. The van der Waals surface area contributed by atoms with Crippen molar-refractivity contribution in [1.82, 2.24) is 0 Å². The standard InChI is InChI=1S/CH3I38/c1-21-23(4)25(6)27(8)29(10)31(12)33(14)35(16)37(18)39(20)38(19)36(17)34(15)32(13)30(11)28(9)26(7)24(5)22(2)3/h1H3/q-1. The second-order valence-electron chi connectivity index (χ2n) is 3.06. The third-order valence-corrected chi connectivity index (χ3v) is 2840. The summed E-state index contributed by atoms with van der Waals surface area (Å²) in [6.45, 7) is 0. The summed E-state index contributed by atoms with van der Waals surface area (Å²) in [5.41, 5.74) is 0. The Morgan fingerprint density at radius 2 is 0.410 bits per heavy atom. The normalized spacial score (nSPS) is 18.6. The van der Waals surface area contributed by atoms with Crippen LogP contribution in [0.1, 0.15) is 0 Å². The minimum atomic E-state index is -0.532. The molecule has 0 fully saturated rings. The van der Waals surface area contributed by atoms with Gasteiger partial charge in [0.05, 0.1) is 0 Å². The summed E-state index contributed by atoms with van der Waals surface area (Å²) in [5.74, 6) is 0. The van der Waals surface area contributed by atoms with Crippen LogP contribution in [0.5, 0.6) is 0 Å². The molecule has 0 spiro atoms. The Morgan fingerprint density at radius 1 is 0.256 bits per heavy atom. The molecular formula is CH3I38-. The third kappa shape index (κ3) is 28.0. The van der Waals surface area contributed by atoms with E-state index in [1.807, 2.05) is 0 Å². The molecule has 0 aromatic carbocycles. The van der Waals surface area contributed by atoms with Gasteiger partial charge in [0, 0.05) is 0 Å². The van der Waals surface area contributed by atoms with Crippen LogP contribution in [-0.2, 0) is 0 Å². The van der Waals surface area contributed by atoms with Gasteiger partial charge in [-0.3, -0.25) is 0 Å². The molecule has 274 valence electrons. The molecule has 38 heteroatoms. The molecule has 0 heterocycles. The molecule has 0 unspecified atom stereocenters. The molecule has 0 rings (SSSR count). The molecule has 0 aromatic rings. The van der Waals surface area contributed by atoms with Crippen molar-refractivity contribution in [2.24, 2.45) is 0 Å². The molecule has 0 bridgehead atoms. The fourth-order valence-corrected chi connectivity index (χ4v) is 6790. The zero-order valence-electron chi connectivity index (χ0n) is 15.4. The van der Waals surface area contributed by atoms with Crippen molar-refractivity contribution in [3.05, 3.63) is 0 Å². The summed E-state index contributed by atoms with van der Waals surface area (Å²) in [4.78, 5) is 2.65. The maximum absolute atomic E-state index is 3.34. The van der Waals surface area contributed by atoms with E-state index < -0.39 is 134 Å². The summed E-state index contributed by atoms with van der Waals surface area (Å²) in [5, 5.41) is 0. The zero-order chi connectivity index (χ0) is 31.1. The summed E-state index contributed by atoms with van der Waals surface area (Å²) >= 11 is 62.2. The van der Waals surface area contributed by atoms with Crippen LogP contribution >= 0.6 is 496 Å². The van der Waals surface area contributed by atoms with Crippen LogP contribution < -0.4 is 17.2 Å². The van der Waals surface area contributed by atoms with Crippen molar-refractivity contribution in [2.75, 3.05) is 4.93 Å². The van der Waals surface area contributed by atoms with Crippen LogP contribution in [0.15, 0.2) is 0 Å². The second-order valence-corrected chi connectivity index (χ2v) is 887. The molecule has 0 saturated carbocycles. The first-order valence-corrected chi connectivity index (χ1v) is 240. The molecule has 0 aliphatic rings. The average Bonchev–Trinajstić information content (AvgIpc) is 2.93. The minimum absolute atomic E-state index is 0.368. The summed E-state index contributed by atoms with van der Waals surface area (Å²) in [6, 6.07) is 0. The molecule has 0 aromatic heterocycles. The SMILES string of the molecule is C[I-]I(I)I(I)I(I)I(I)I(I)I(I)I(I)I(I)I(I)I(I)I(I)I(I)I(I)I(I)I(I)I(I)I(I)I(I)I. The molecule has 0 nitrogen and oxygen atoms in total. The monoisotopic (exact) mass is 4840 g/mol. The van der Waals surface area contributed by atoms with E-state index in [2.05, 4.69) is 359 Å². The van der Waals surface area contributed by atoms with Gasteiger partial charge in [0.1, 0.15) is 0 Å². The van der Waals surface area contributed by atoms with Crippen molar-refractivity contribution >= 4 is 496 Å². The number of hydrogen-bond acceptors (Lipinski definition) is 0. The van der Waals surface area contributed by atoms with E-state index in [0.717, 1.165) is 0 Å². The Labute approximate surface area is 488 Å². The topological polar surface area (TPSA) is 0 Å². The zero-order valence-corrected chi connectivity index (χ0v) is 97.3. The molecule has 0 atom stereocenters. The van der Waals surface area contributed by atoms with Gasteiger partial charge in [-0.1, -0.05) is 0 Å². The maximum atomic E-state index is 3.34. The molecule has 0 aliphatic carbocycles. The van der Waals surface area contributed by atoms with Crippen molar-refractivity contribution in [1.29, 1.82) is 0 Å². The van der Waals surface area contributed by atoms with E-state index in [-0.39, 0.29) is 7.89 Å². The Balaban J connectivity index is 5.38. The fourth-order valence-electron chi connectivity index (χ4n) is 0.534. The second kappa shape index (κ2) is 40.2. The third-order valence-electron chi connectivity index (χ3n) is 1.50. The van der Waals surface area contributed by atoms with Crippen molar-refractivity contribution < 1.29 is 17.2 Å². The summed E-state index contributed by atoms with van der Waals surface area (Å²) in [6.07, 6.45) is 0. The van der Waals surface area contributed by atoms with Gasteiger partial charge in [0.25, 0.3) is 0 Å². The Hall–Kier alpha value is 27.7. The molecule has 0 amide bonds. The molecule has 0 saturated heterocycles. The van der Waals surface area contributed by atoms with Crippen LogP contribution in [0, 0.1) is 0 Å². The van der Waals surface area contributed by atoms with Crippen LogP contribution in [0.3, 0.4) is 0 Å². The van der Waals surface area contributed by atoms with Crippen LogP contribution in [0.25, 0.3) is 0 Å². The van der Waals surface area contributed by atoms with Crippen LogP contribution in [0.2, 0.25) is 0 Å². The predicted octanol–water partition coefficient (Wildman–Crippen LogP) is 29.9. The van der Waals surface area contributed by atoms with E-state index in [1.165, 1.54) is 0 Å². The van der Waals surface area contributed by atoms with E-state index in [4.69, 9.17) is 0 Å². The van der Waals surface area contributed by atoms with Crippen molar-refractivity contribution in [2.45, 2.75) is 0 Å². The number of halogens is 38. The number of alkyl halides is 1. The van der Waals surface area contributed by atoms with Crippen molar-refractivity contribution in [3.8, 4) is 0 Å². The fraction of sp³-hybridized carbons (Fsp3) is 1.00. The van der Waals surface area contributed by atoms with Gasteiger partial charge in [-0.05, 0) is 0 Å². The Morgan fingerprint density at radius 3 is 0.564 bits per heavy atom. The van der Waals surface area contributed by atoms with Gasteiger partial charge < -0.3 is 0 Å². The van der Waals surface area contributed by atoms with E-state index in [0.29, 0.717) is 17.2 Å². The molecule has 0 radical (unpaired) electrons. The summed E-state index contributed by atoms with van der Waals surface area (Å²) < 4.78 is 0. The van der Waals surface area contributed by atoms with Gasteiger partial charge in [-0.15, -0.1) is 0 Å². The van der Waals surface area contributed by atoms with E-state index >= 15 is 0 Å². The quantitative estimate of drug-likeness (QED) is 0.0948. The van der Waals surface area contributed by atoms with Crippen LogP contribution in [0.4, 0.5) is 0 Å². The van der Waals surface area contributed by atoms with Gasteiger partial charge >= 0.3 is 518 Å². The van der Waals surface area contributed by atoms with Gasteiger partial charge in [0.15, 0.2) is 0 Å². The predicted molar refractivity (Wildman–Crippen MR) is 525 cm³/mol. The van der Waals surface area contributed by atoms with Gasteiger partial charge in [0.2, 0.25) is 0 Å². The van der Waals surface area contributed by atoms with Gasteiger partial charge in [-0.2, -0.15) is 0 Å². The van der Waals surface area contributed by atoms with E-state index in [9.17, 15) is 0 Å². The molecule has 39 heavy (non-hydrogen) atoms. The Kier molecular flexibility index (Phi) is 68.9. The first-order valence-electron chi connectivity index (χ1n) is 5.66. The number of hydrogen-bond donors (Lipinski definition) is 0. The Bertz CT molecular complexity index is 641. The molecular weight excluding hydrogens is 4830 g/mol. The van der Waals surface area contributed by atoms with Crippen LogP contribution in [-0.4, -0.2) is 4.93 Å². The van der Waals surface area contributed by atoms with E-state index in [1.54, 1.807) is 0 Å². The molecule has 0 aliphatic heterocycles. The summed E-state index contributed by atoms with van der Waals surface area (Å²) in [7, 11) is -8.78. The number of rotatable bonds is 18.